The number of ether oxygens (including phenoxy) is 1. The Morgan fingerprint density at radius 2 is 2.17 bits per heavy atom. The molecule has 0 unspecified atom stereocenters. The molecular weight excluding hydrogens is 352 g/mol. The van der Waals surface area contributed by atoms with Crippen LogP contribution < -0.4 is 10.2 Å². The highest BCUT2D eigenvalue weighted by Crippen LogP contribution is 2.15. The number of nitrogens with zero attached hydrogens (tertiary/aromatic N) is 1. The Morgan fingerprint density at radius 3 is 2.79 bits per heavy atom. The largest absolute Gasteiger partial charge is 0.452 e. The molecule has 0 radical (unpaired) electrons. The smallest absolute Gasteiger partial charge is 0.308 e. The Hall–Kier alpha value is -2.12. The number of carbonyl (C=O) groups excluding carboxylic acids is 2. The van der Waals surface area contributed by atoms with Crippen LogP contribution in [0.5, 0.6) is 0 Å². The van der Waals surface area contributed by atoms with Gasteiger partial charge in [0.15, 0.2) is 6.10 Å². The summed E-state index contributed by atoms with van der Waals surface area (Å²) < 4.78 is 6.60. The molecule has 0 aliphatic heterocycles. The fourth-order valence-electron chi connectivity index (χ4n) is 2.00. The first kappa shape index (κ1) is 18.2. The molecule has 24 heavy (non-hydrogen) atoms. The van der Waals surface area contributed by atoms with Crippen molar-refractivity contribution in [3.05, 3.63) is 50.0 Å². The summed E-state index contributed by atoms with van der Waals surface area (Å²) in [6.07, 6.45) is -0.927. The second kappa shape index (κ2) is 8.12. The predicted octanol–water partition coefficient (Wildman–Crippen LogP) is 2.83. The maximum absolute atomic E-state index is 12.0. The number of nitrogens with one attached hydrogen (secondary N) is 1. The Balaban J connectivity index is 1.84. The number of esters is 1. The molecule has 0 bridgehead atoms. The van der Waals surface area contributed by atoms with E-state index in [0.717, 1.165) is 17.0 Å². The summed E-state index contributed by atoms with van der Waals surface area (Å²) in [6.45, 7) is 3.51. The van der Waals surface area contributed by atoms with Crippen molar-refractivity contribution in [3.8, 4) is 0 Å². The number of thiazole rings is 1. The summed E-state index contributed by atoms with van der Waals surface area (Å²) in [5.74, 6) is -0.990. The molecule has 0 spiro atoms. The Bertz CT molecular complexity index is 799. The lowest BCUT2D eigenvalue weighted by Crippen LogP contribution is -2.30. The number of halogens is 1. The molecule has 128 valence electrons. The zero-order valence-corrected chi connectivity index (χ0v) is 14.8. The van der Waals surface area contributed by atoms with Crippen LogP contribution >= 0.6 is 22.9 Å². The summed E-state index contributed by atoms with van der Waals surface area (Å²) in [5.41, 5.74) is 1.32. The van der Waals surface area contributed by atoms with E-state index >= 15 is 0 Å². The summed E-state index contributed by atoms with van der Waals surface area (Å²) in [7, 11) is 0. The number of rotatable bonds is 6. The van der Waals surface area contributed by atoms with Gasteiger partial charge in [-0.2, -0.15) is 0 Å². The van der Waals surface area contributed by atoms with Crippen LogP contribution in [0.3, 0.4) is 0 Å². The minimum absolute atomic E-state index is 0.0201. The normalized spacial score (nSPS) is 11.8. The molecule has 1 heterocycles. The van der Waals surface area contributed by atoms with Crippen LogP contribution in [0.1, 0.15) is 19.0 Å². The van der Waals surface area contributed by atoms with E-state index in [-0.39, 0.29) is 17.8 Å². The van der Waals surface area contributed by atoms with Crippen molar-refractivity contribution >= 4 is 40.5 Å². The van der Waals surface area contributed by atoms with Crippen molar-refractivity contribution in [3.63, 3.8) is 0 Å². The van der Waals surface area contributed by atoms with Crippen LogP contribution in [-0.2, 0) is 20.9 Å². The molecule has 1 N–H and O–H groups in total. The van der Waals surface area contributed by atoms with E-state index in [1.165, 1.54) is 11.5 Å². The second-order valence-electron chi connectivity index (χ2n) is 5.18. The number of benzene rings is 1. The van der Waals surface area contributed by atoms with Gasteiger partial charge in [-0.05, 0) is 32.0 Å². The highest BCUT2D eigenvalue weighted by Gasteiger charge is 2.18. The SMILES string of the molecule is Cc1csc(=O)n1CCC(=O)O[C@@H](C)C(=O)Nc1cccc(Cl)c1. The van der Waals surface area contributed by atoms with Gasteiger partial charge in [0.05, 0.1) is 6.42 Å². The lowest BCUT2D eigenvalue weighted by atomic mass is 10.3. The fraction of sp³-hybridized carbons (Fsp3) is 0.312. The van der Waals surface area contributed by atoms with Crippen molar-refractivity contribution < 1.29 is 14.3 Å². The molecule has 2 rings (SSSR count). The molecule has 1 aromatic carbocycles. The highest BCUT2D eigenvalue weighted by atomic mass is 35.5. The van der Waals surface area contributed by atoms with Gasteiger partial charge in [-0.1, -0.05) is 29.0 Å². The van der Waals surface area contributed by atoms with Crippen LogP contribution in [0.2, 0.25) is 5.02 Å². The van der Waals surface area contributed by atoms with Gasteiger partial charge in [0, 0.05) is 28.3 Å². The molecule has 8 heteroatoms. The molecule has 0 saturated heterocycles. The van der Waals surface area contributed by atoms with Gasteiger partial charge in [-0.15, -0.1) is 0 Å². The fourth-order valence-corrected chi connectivity index (χ4v) is 2.95. The molecule has 0 fully saturated rings. The number of aryl methyl sites for hydroxylation is 1. The molecule has 6 nitrogen and oxygen atoms in total. The number of aromatic nitrogens is 1. The molecule has 0 aliphatic rings. The van der Waals surface area contributed by atoms with E-state index in [4.69, 9.17) is 16.3 Å². The molecule has 0 aliphatic carbocycles. The van der Waals surface area contributed by atoms with E-state index in [2.05, 4.69) is 5.32 Å². The Labute approximate surface area is 148 Å². The third-order valence-corrected chi connectivity index (χ3v) is 4.40. The lowest BCUT2D eigenvalue weighted by Gasteiger charge is -2.14. The topological polar surface area (TPSA) is 77.4 Å². The predicted molar refractivity (Wildman–Crippen MR) is 93.6 cm³/mol. The molecule has 1 atom stereocenters. The Morgan fingerprint density at radius 1 is 1.42 bits per heavy atom. The maximum Gasteiger partial charge on any atom is 0.308 e. The lowest BCUT2D eigenvalue weighted by molar-refractivity contribution is -0.153. The number of amides is 1. The number of hydrogen-bond acceptors (Lipinski definition) is 5. The van der Waals surface area contributed by atoms with Crippen molar-refractivity contribution in [2.45, 2.75) is 32.9 Å². The van der Waals surface area contributed by atoms with Gasteiger partial charge in [-0.3, -0.25) is 14.4 Å². The monoisotopic (exact) mass is 368 g/mol. The first-order valence-corrected chi connectivity index (χ1v) is 8.53. The second-order valence-corrected chi connectivity index (χ2v) is 6.43. The standard InChI is InChI=1S/C16H17ClN2O4S/c1-10-9-24-16(22)19(10)7-6-14(20)23-11(2)15(21)18-13-5-3-4-12(17)8-13/h3-5,8-9,11H,6-7H2,1-2H3,(H,18,21)/t11-/m0/s1. The third-order valence-electron chi connectivity index (χ3n) is 3.29. The number of carbonyl (C=O) groups is 2. The van der Waals surface area contributed by atoms with Crippen LogP contribution in [0.4, 0.5) is 5.69 Å². The number of hydrogen-bond donors (Lipinski definition) is 1. The van der Waals surface area contributed by atoms with E-state index in [1.807, 2.05) is 0 Å². The molecule has 1 amide bonds. The first-order valence-electron chi connectivity index (χ1n) is 7.27. The van der Waals surface area contributed by atoms with E-state index in [1.54, 1.807) is 36.6 Å². The van der Waals surface area contributed by atoms with Crippen molar-refractivity contribution in [2.75, 3.05) is 5.32 Å². The quantitative estimate of drug-likeness (QED) is 0.795. The van der Waals surface area contributed by atoms with Crippen LogP contribution in [0, 0.1) is 6.92 Å². The van der Waals surface area contributed by atoms with Gasteiger partial charge in [0.25, 0.3) is 5.91 Å². The average Bonchev–Trinajstić information content (AvgIpc) is 2.84. The highest BCUT2D eigenvalue weighted by molar-refractivity contribution is 7.07. The summed E-state index contributed by atoms with van der Waals surface area (Å²) in [4.78, 5) is 35.3. The minimum Gasteiger partial charge on any atom is -0.452 e. The van der Waals surface area contributed by atoms with Gasteiger partial charge in [-0.25, -0.2) is 0 Å². The molecule has 1 aromatic heterocycles. The van der Waals surface area contributed by atoms with E-state index < -0.39 is 18.0 Å². The molecule has 2 aromatic rings. The van der Waals surface area contributed by atoms with Gasteiger partial charge < -0.3 is 14.6 Å². The summed E-state index contributed by atoms with van der Waals surface area (Å²) in [5, 5.41) is 4.85. The zero-order chi connectivity index (χ0) is 17.7. The average molecular weight is 369 g/mol. The zero-order valence-electron chi connectivity index (χ0n) is 13.2. The van der Waals surface area contributed by atoms with E-state index in [0.29, 0.717) is 10.7 Å². The molecule has 0 saturated carbocycles. The maximum atomic E-state index is 12.0. The van der Waals surface area contributed by atoms with Gasteiger partial charge >= 0.3 is 10.8 Å². The van der Waals surface area contributed by atoms with Gasteiger partial charge in [0.2, 0.25) is 0 Å². The van der Waals surface area contributed by atoms with Gasteiger partial charge in [0.1, 0.15) is 0 Å². The minimum atomic E-state index is -0.947. The van der Waals surface area contributed by atoms with Crippen LogP contribution in [0.25, 0.3) is 0 Å². The van der Waals surface area contributed by atoms with Crippen LogP contribution in [-0.4, -0.2) is 22.5 Å². The Kier molecular flexibility index (Phi) is 6.16. The summed E-state index contributed by atoms with van der Waals surface area (Å²) >= 11 is 6.93. The first-order chi connectivity index (χ1) is 11.4. The van der Waals surface area contributed by atoms with Crippen molar-refractivity contribution in [1.29, 1.82) is 0 Å². The van der Waals surface area contributed by atoms with Crippen LogP contribution in [0.15, 0.2) is 34.4 Å². The summed E-state index contributed by atoms with van der Waals surface area (Å²) in [6, 6.07) is 6.68. The molecular formula is C16H17ClN2O4S. The van der Waals surface area contributed by atoms with Crippen molar-refractivity contribution in [2.24, 2.45) is 0 Å². The van der Waals surface area contributed by atoms with Crippen molar-refractivity contribution in [1.82, 2.24) is 4.57 Å². The third kappa shape index (κ3) is 4.94. The van der Waals surface area contributed by atoms with E-state index in [9.17, 15) is 14.4 Å². The number of anilines is 1.